The van der Waals surface area contributed by atoms with Gasteiger partial charge in [-0.05, 0) is 12.8 Å². The lowest BCUT2D eigenvalue weighted by atomic mass is 9.60. The van der Waals surface area contributed by atoms with Gasteiger partial charge in [-0.3, -0.25) is 0 Å². The first-order valence-corrected chi connectivity index (χ1v) is 7.65. The SMILES string of the molecule is CCC1(CC)C(O)CC1OCCOCCOCCOC. The molecule has 5 heteroatoms. The quantitative estimate of drug-likeness (QED) is 0.554. The molecule has 0 aliphatic heterocycles. The summed E-state index contributed by atoms with van der Waals surface area (Å²) in [7, 11) is 1.65. The van der Waals surface area contributed by atoms with Gasteiger partial charge in [-0.15, -0.1) is 0 Å². The van der Waals surface area contributed by atoms with Crippen LogP contribution in [0.25, 0.3) is 0 Å². The van der Waals surface area contributed by atoms with Crippen LogP contribution >= 0.6 is 0 Å². The summed E-state index contributed by atoms with van der Waals surface area (Å²) >= 11 is 0. The Balaban J connectivity index is 1.99. The van der Waals surface area contributed by atoms with Gasteiger partial charge >= 0.3 is 0 Å². The van der Waals surface area contributed by atoms with Crippen molar-refractivity contribution in [1.82, 2.24) is 0 Å². The van der Waals surface area contributed by atoms with Crippen molar-refractivity contribution in [2.45, 2.75) is 45.3 Å². The fraction of sp³-hybridized carbons (Fsp3) is 1.00. The summed E-state index contributed by atoms with van der Waals surface area (Å²) in [6.45, 7) is 7.77. The first kappa shape index (κ1) is 17.9. The highest BCUT2D eigenvalue weighted by atomic mass is 16.6. The van der Waals surface area contributed by atoms with Crippen molar-refractivity contribution in [3.8, 4) is 0 Å². The van der Waals surface area contributed by atoms with E-state index < -0.39 is 0 Å². The van der Waals surface area contributed by atoms with Gasteiger partial charge in [-0.2, -0.15) is 0 Å². The third kappa shape index (κ3) is 4.67. The maximum absolute atomic E-state index is 9.93. The van der Waals surface area contributed by atoms with Crippen molar-refractivity contribution in [3.63, 3.8) is 0 Å². The predicted octanol–water partition coefficient (Wildman–Crippen LogP) is 1.62. The van der Waals surface area contributed by atoms with Crippen LogP contribution in [0.4, 0.5) is 0 Å². The Morgan fingerprint density at radius 1 is 0.950 bits per heavy atom. The molecule has 0 aromatic heterocycles. The molecule has 0 amide bonds. The van der Waals surface area contributed by atoms with Crippen LogP contribution in [0.3, 0.4) is 0 Å². The highest BCUT2D eigenvalue weighted by molar-refractivity contribution is 5.02. The first-order valence-electron chi connectivity index (χ1n) is 7.65. The minimum atomic E-state index is -0.211. The van der Waals surface area contributed by atoms with E-state index in [0.717, 1.165) is 19.3 Å². The van der Waals surface area contributed by atoms with Gasteiger partial charge in [0, 0.05) is 18.9 Å². The largest absolute Gasteiger partial charge is 0.392 e. The molecule has 0 aromatic carbocycles. The second-order valence-electron chi connectivity index (χ2n) is 5.27. The fourth-order valence-corrected chi connectivity index (χ4v) is 2.85. The summed E-state index contributed by atoms with van der Waals surface area (Å²) in [5, 5.41) is 9.93. The minimum absolute atomic E-state index is 0.0384. The van der Waals surface area contributed by atoms with Gasteiger partial charge in [0.2, 0.25) is 0 Å². The van der Waals surface area contributed by atoms with Crippen LogP contribution in [0.15, 0.2) is 0 Å². The molecule has 2 atom stereocenters. The average Bonchev–Trinajstić information content (AvgIpc) is 2.45. The zero-order chi connectivity index (χ0) is 14.8. The Morgan fingerprint density at radius 3 is 2.00 bits per heavy atom. The van der Waals surface area contributed by atoms with E-state index in [9.17, 15) is 5.11 Å². The van der Waals surface area contributed by atoms with E-state index in [-0.39, 0.29) is 17.6 Å². The molecule has 120 valence electrons. The molecule has 1 aliphatic carbocycles. The van der Waals surface area contributed by atoms with Crippen molar-refractivity contribution in [1.29, 1.82) is 0 Å². The number of rotatable bonds is 12. The maximum atomic E-state index is 9.93. The molecular weight excluding hydrogens is 260 g/mol. The minimum Gasteiger partial charge on any atom is -0.392 e. The molecule has 1 fully saturated rings. The normalized spacial score (nSPS) is 24.6. The number of methoxy groups -OCH3 is 1. The molecule has 1 saturated carbocycles. The van der Waals surface area contributed by atoms with E-state index >= 15 is 0 Å². The Morgan fingerprint density at radius 2 is 1.50 bits per heavy atom. The molecule has 0 spiro atoms. The van der Waals surface area contributed by atoms with Gasteiger partial charge in [0.15, 0.2) is 0 Å². The Kier molecular flexibility index (Phi) is 8.64. The topological polar surface area (TPSA) is 57.2 Å². The van der Waals surface area contributed by atoms with Crippen molar-refractivity contribution >= 4 is 0 Å². The lowest BCUT2D eigenvalue weighted by Crippen LogP contribution is -2.57. The molecule has 1 N–H and O–H groups in total. The highest BCUT2D eigenvalue weighted by Gasteiger charge is 2.52. The van der Waals surface area contributed by atoms with E-state index in [4.69, 9.17) is 18.9 Å². The maximum Gasteiger partial charge on any atom is 0.0704 e. The fourth-order valence-electron chi connectivity index (χ4n) is 2.85. The lowest BCUT2D eigenvalue weighted by Gasteiger charge is -2.52. The second-order valence-corrected chi connectivity index (χ2v) is 5.27. The van der Waals surface area contributed by atoms with Crippen molar-refractivity contribution in [3.05, 3.63) is 0 Å². The third-order valence-corrected chi connectivity index (χ3v) is 4.41. The first-order chi connectivity index (χ1) is 9.71. The third-order valence-electron chi connectivity index (χ3n) is 4.41. The average molecular weight is 290 g/mol. The molecule has 0 radical (unpaired) electrons. The van der Waals surface area contributed by atoms with E-state index in [2.05, 4.69) is 13.8 Å². The molecule has 20 heavy (non-hydrogen) atoms. The zero-order valence-electron chi connectivity index (χ0n) is 13.1. The number of aliphatic hydroxyl groups excluding tert-OH is 1. The van der Waals surface area contributed by atoms with Crippen LogP contribution in [0.1, 0.15) is 33.1 Å². The molecule has 0 aromatic rings. The second kappa shape index (κ2) is 9.68. The smallest absolute Gasteiger partial charge is 0.0704 e. The zero-order valence-corrected chi connectivity index (χ0v) is 13.1. The molecular formula is C15H30O5. The van der Waals surface area contributed by atoms with Crippen LogP contribution < -0.4 is 0 Å². The Bertz CT molecular complexity index is 242. The summed E-state index contributed by atoms with van der Waals surface area (Å²) in [5.74, 6) is 0. The van der Waals surface area contributed by atoms with Crippen LogP contribution in [0, 0.1) is 5.41 Å². The van der Waals surface area contributed by atoms with Gasteiger partial charge in [0.1, 0.15) is 0 Å². The van der Waals surface area contributed by atoms with Crippen LogP contribution in [-0.2, 0) is 18.9 Å². The molecule has 5 nitrogen and oxygen atoms in total. The van der Waals surface area contributed by atoms with Gasteiger partial charge in [-0.1, -0.05) is 13.8 Å². The summed E-state index contributed by atoms with van der Waals surface area (Å²) in [6.07, 6.45) is 2.64. The summed E-state index contributed by atoms with van der Waals surface area (Å²) < 4.78 is 21.5. The van der Waals surface area contributed by atoms with Gasteiger partial charge in [-0.25, -0.2) is 0 Å². The monoisotopic (exact) mass is 290 g/mol. The predicted molar refractivity (Wildman–Crippen MR) is 76.9 cm³/mol. The van der Waals surface area contributed by atoms with Gasteiger partial charge < -0.3 is 24.1 Å². The van der Waals surface area contributed by atoms with E-state index in [1.165, 1.54) is 0 Å². The molecule has 0 heterocycles. The number of hydrogen-bond donors (Lipinski definition) is 1. The standard InChI is InChI=1S/C15H30O5/c1-4-15(5-2)13(16)12-14(15)20-11-10-19-9-8-18-7-6-17-3/h13-14,16H,4-12H2,1-3H3. The van der Waals surface area contributed by atoms with E-state index in [1.54, 1.807) is 7.11 Å². The molecule has 1 aliphatic rings. The summed E-state index contributed by atoms with van der Waals surface area (Å²) in [6, 6.07) is 0. The summed E-state index contributed by atoms with van der Waals surface area (Å²) in [5.41, 5.74) is -0.0384. The lowest BCUT2D eigenvalue weighted by molar-refractivity contribution is -0.200. The molecule has 0 bridgehead atoms. The number of ether oxygens (including phenoxy) is 4. The Labute approximate surface area is 122 Å². The van der Waals surface area contributed by atoms with Crippen LogP contribution in [0.2, 0.25) is 0 Å². The van der Waals surface area contributed by atoms with Crippen LogP contribution in [0.5, 0.6) is 0 Å². The highest BCUT2D eigenvalue weighted by Crippen LogP contribution is 2.48. The van der Waals surface area contributed by atoms with Crippen molar-refractivity contribution in [2.24, 2.45) is 5.41 Å². The van der Waals surface area contributed by atoms with Crippen molar-refractivity contribution in [2.75, 3.05) is 46.8 Å². The summed E-state index contributed by atoms with van der Waals surface area (Å²) in [4.78, 5) is 0. The molecule has 0 saturated heterocycles. The van der Waals surface area contributed by atoms with Crippen LogP contribution in [-0.4, -0.2) is 64.1 Å². The van der Waals surface area contributed by atoms with E-state index in [0.29, 0.717) is 39.6 Å². The Hall–Kier alpha value is -0.200. The number of aliphatic hydroxyl groups is 1. The van der Waals surface area contributed by atoms with Gasteiger partial charge in [0.05, 0.1) is 51.8 Å². The molecule has 1 rings (SSSR count). The van der Waals surface area contributed by atoms with E-state index in [1.807, 2.05) is 0 Å². The molecule has 2 unspecified atom stereocenters. The number of hydrogen-bond acceptors (Lipinski definition) is 5. The van der Waals surface area contributed by atoms with Crippen molar-refractivity contribution < 1.29 is 24.1 Å². The van der Waals surface area contributed by atoms with Gasteiger partial charge in [0.25, 0.3) is 0 Å².